The second-order valence-electron chi connectivity index (χ2n) is 7.87. The first-order valence-electron chi connectivity index (χ1n) is 9.84. The molecule has 3 atom stereocenters. The Balaban J connectivity index is 1.31. The Morgan fingerprint density at radius 2 is 2.07 bits per heavy atom. The van der Waals surface area contributed by atoms with Crippen molar-refractivity contribution in [2.24, 2.45) is 13.0 Å². The Morgan fingerprint density at radius 1 is 1.30 bits per heavy atom. The van der Waals surface area contributed by atoms with Gasteiger partial charge in [0, 0.05) is 35.4 Å². The molecule has 0 radical (unpaired) electrons. The molecule has 2 heterocycles. The topological polar surface area (TPSA) is 43.3 Å². The molecule has 1 aromatic carbocycles. The summed E-state index contributed by atoms with van der Waals surface area (Å²) >= 11 is 1.12. The second-order valence-corrected chi connectivity index (χ2v) is 8.95. The van der Waals surface area contributed by atoms with E-state index in [1.54, 1.807) is 6.07 Å². The molecule has 0 bridgehead atoms. The zero-order valence-corrected chi connectivity index (χ0v) is 17.5. The second kappa shape index (κ2) is 7.98. The van der Waals surface area contributed by atoms with Gasteiger partial charge in [0.05, 0.1) is 6.04 Å². The lowest BCUT2D eigenvalue weighted by Gasteiger charge is -2.12. The number of halogens is 3. The molecule has 0 unspecified atom stereocenters. The summed E-state index contributed by atoms with van der Waals surface area (Å²) in [6.45, 7) is 0.511. The highest BCUT2D eigenvalue weighted by molar-refractivity contribution is 7.13. The molecular weight excluding hydrogens is 413 g/mol. The van der Waals surface area contributed by atoms with Gasteiger partial charge in [-0.2, -0.15) is 13.2 Å². The molecule has 1 aliphatic rings. The van der Waals surface area contributed by atoms with Crippen molar-refractivity contribution < 1.29 is 22.7 Å². The highest BCUT2D eigenvalue weighted by Gasteiger charge is 2.41. The number of benzene rings is 1. The van der Waals surface area contributed by atoms with Crippen LogP contribution in [-0.2, 0) is 11.8 Å². The number of thiophene rings is 1. The summed E-state index contributed by atoms with van der Waals surface area (Å²) in [7, 11) is 2.03. The molecule has 0 saturated heterocycles. The van der Waals surface area contributed by atoms with Gasteiger partial charge in [-0.3, -0.25) is 4.79 Å². The molecule has 1 aliphatic carbocycles. The third kappa shape index (κ3) is 4.64. The molecule has 1 saturated carbocycles. The van der Waals surface area contributed by atoms with Crippen LogP contribution in [0.1, 0.15) is 42.2 Å². The maximum Gasteiger partial charge on any atom is 0.422 e. The normalized spacial score (nSPS) is 19.6. The van der Waals surface area contributed by atoms with Gasteiger partial charge >= 0.3 is 6.18 Å². The van der Waals surface area contributed by atoms with E-state index < -0.39 is 12.8 Å². The predicted octanol–water partition coefficient (Wildman–Crippen LogP) is 5.55. The minimum Gasteiger partial charge on any atom is -0.475 e. The van der Waals surface area contributed by atoms with E-state index in [1.807, 2.05) is 26.1 Å². The van der Waals surface area contributed by atoms with Gasteiger partial charge in [-0.1, -0.05) is 18.2 Å². The number of carbonyl (C=O) groups excluding carboxylic acids is 1. The molecule has 0 spiro atoms. The van der Waals surface area contributed by atoms with Crippen molar-refractivity contribution in [2.75, 3.05) is 6.61 Å². The van der Waals surface area contributed by atoms with Gasteiger partial charge in [0.2, 0.25) is 5.91 Å². The van der Waals surface area contributed by atoms with E-state index in [0.717, 1.165) is 22.6 Å². The van der Waals surface area contributed by atoms with Gasteiger partial charge < -0.3 is 14.6 Å². The summed E-state index contributed by atoms with van der Waals surface area (Å²) in [6.07, 6.45) is -0.774. The summed E-state index contributed by atoms with van der Waals surface area (Å²) < 4.78 is 43.7. The minimum absolute atomic E-state index is 0.0404. The van der Waals surface area contributed by atoms with Gasteiger partial charge in [-0.25, -0.2) is 0 Å². The van der Waals surface area contributed by atoms with Crippen LogP contribution < -0.4 is 10.1 Å². The van der Waals surface area contributed by atoms with Gasteiger partial charge in [0.1, 0.15) is 0 Å². The van der Waals surface area contributed by atoms with Crippen molar-refractivity contribution in [3.05, 3.63) is 53.0 Å². The molecule has 0 aliphatic heterocycles. The Hall–Kier alpha value is -2.48. The first-order valence-corrected chi connectivity index (χ1v) is 10.7. The maximum absolute atomic E-state index is 12.5. The van der Waals surface area contributed by atoms with E-state index >= 15 is 0 Å². The number of aryl methyl sites for hydroxylation is 1. The number of ether oxygens (including phenoxy) is 1. The predicted molar refractivity (Wildman–Crippen MR) is 111 cm³/mol. The summed E-state index contributed by atoms with van der Waals surface area (Å²) in [5.41, 5.74) is 2.49. The fourth-order valence-electron chi connectivity index (χ4n) is 3.93. The van der Waals surface area contributed by atoms with E-state index in [2.05, 4.69) is 28.2 Å². The number of para-hydroxylation sites is 1. The fraction of sp³-hybridized carbons (Fsp3) is 0.409. The molecule has 4 rings (SSSR count). The van der Waals surface area contributed by atoms with E-state index in [1.165, 1.54) is 22.5 Å². The molecule has 30 heavy (non-hydrogen) atoms. The van der Waals surface area contributed by atoms with Crippen molar-refractivity contribution >= 4 is 28.1 Å². The largest absolute Gasteiger partial charge is 0.475 e. The summed E-state index contributed by atoms with van der Waals surface area (Å²) in [6, 6.07) is 11.2. The third-order valence-electron chi connectivity index (χ3n) is 5.48. The summed E-state index contributed by atoms with van der Waals surface area (Å²) in [4.78, 5) is 13.3. The number of carbonyl (C=O) groups is 1. The van der Waals surface area contributed by atoms with E-state index in [4.69, 9.17) is 4.74 Å². The van der Waals surface area contributed by atoms with Crippen LogP contribution in [-0.4, -0.2) is 23.3 Å². The molecule has 160 valence electrons. The Kier molecular flexibility index (Phi) is 5.53. The lowest BCUT2D eigenvalue weighted by atomic mass is 10.1. The zero-order chi connectivity index (χ0) is 21.5. The van der Waals surface area contributed by atoms with Crippen molar-refractivity contribution in [1.82, 2.24) is 9.88 Å². The van der Waals surface area contributed by atoms with Crippen LogP contribution >= 0.6 is 11.3 Å². The number of nitrogens with zero attached hydrogens (tertiary/aromatic N) is 1. The molecule has 4 nitrogen and oxygen atoms in total. The van der Waals surface area contributed by atoms with Crippen molar-refractivity contribution in [1.29, 1.82) is 0 Å². The van der Waals surface area contributed by atoms with Crippen LogP contribution in [0.5, 0.6) is 5.06 Å². The molecule has 2 aromatic heterocycles. The highest BCUT2D eigenvalue weighted by Crippen LogP contribution is 2.51. The number of alkyl halides is 3. The average molecular weight is 436 g/mol. The van der Waals surface area contributed by atoms with Crippen LogP contribution in [0.3, 0.4) is 0 Å². The van der Waals surface area contributed by atoms with Crippen LogP contribution in [0.25, 0.3) is 10.9 Å². The smallest absolute Gasteiger partial charge is 0.422 e. The minimum atomic E-state index is -4.37. The molecule has 1 fully saturated rings. The number of hydrogen-bond acceptors (Lipinski definition) is 3. The van der Waals surface area contributed by atoms with Gasteiger partial charge in [-0.05, 0) is 48.9 Å². The lowest BCUT2D eigenvalue weighted by Crippen LogP contribution is -2.26. The number of amides is 1. The number of nitrogens with one attached hydrogen (secondary N) is 1. The van der Waals surface area contributed by atoms with Crippen molar-refractivity contribution in [2.45, 2.75) is 37.9 Å². The van der Waals surface area contributed by atoms with Crippen LogP contribution in [0, 0.1) is 5.92 Å². The summed E-state index contributed by atoms with van der Waals surface area (Å²) in [5.74, 6) is 0.666. The Labute approximate surface area is 176 Å². The molecule has 8 heteroatoms. The highest BCUT2D eigenvalue weighted by atomic mass is 32.1. The molecule has 3 aromatic rings. The monoisotopic (exact) mass is 436 g/mol. The van der Waals surface area contributed by atoms with Crippen LogP contribution in [0.4, 0.5) is 13.2 Å². The number of hydrogen-bond donors (Lipinski definition) is 1. The van der Waals surface area contributed by atoms with Gasteiger partial charge in [0.15, 0.2) is 11.7 Å². The number of rotatable bonds is 7. The van der Waals surface area contributed by atoms with Crippen LogP contribution in [0.15, 0.2) is 42.6 Å². The molecular formula is C22H23F3N2O2S. The summed E-state index contributed by atoms with van der Waals surface area (Å²) in [5, 5.41) is 4.39. The van der Waals surface area contributed by atoms with Crippen molar-refractivity contribution in [3.8, 4) is 5.06 Å². The van der Waals surface area contributed by atoms with Crippen molar-refractivity contribution in [3.63, 3.8) is 0 Å². The zero-order valence-electron chi connectivity index (χ0n) is 16.7. The Bertz CT molecular complexity index is 1060. The fourth-order valence-corrected chi connectivity index (χ4v) is 4.79. The molecule has 1 N–H and O–H groups in total. The standard InChI is InChI=1S/C22H23F3N2O2S/c1-13(19-7-8-21(30-19)29-12-22(23,24)25)26-20(28)10-14-9-16(14)17-11-27(2)18-6-4-3-5-15(17)18/h3-8,11,13-14,16H,9-10,12H2,1-2H3,(H,26,28)/t13-,14-,16-/m1/s1. The first-order chi connectivity index (χ1) is 14.2. The number of aromatic nitrogens is 1. The lowest BCUT2D eigenvalue weighted by molar-refractivity contribution is -0.152. The SMILES string of the molecule is C[C@@H](NC(=O)C[C@H]1C[C@H]1c1cn(C)c2ccccc12)c1ccc(OCC(F)(F)F)s1. The van der Waals surface area contributed by atoms with E-state index in [9.17, 15) is 18.0 Å². The Morgan fingerprint density at radius 3 is 2.83 bits per heavy atom. The third-order valence-corrected chi connectivity index (χ3v) is 6.66. The molecule has 1 amide bonds. The quantitative estimate of drug-likeness (QED) is 0.528. The van der Waals surface area contributed by atoms with Crippen LogP contribution in [0.2, 0.25) is 0 Å². The first kappa shape index (κ1) is 20.8. The van der Waals surface area contributed by atoms with E-state index in [-0.39, 0.29) is 17.0 Å². The van der Waals surface area contributed by atoms with Gasteiger partial charge in [-0.15, -0.1) is 11.3 Å². The van der Waals surface area contributed by atoms with Gasteiger partial charge in [0.25, 0.3) is 0 Å². The maximum atomic E-state index is 12.5. The van der Waals surface area contributed by atoms with E-state index in [0.29, 0.717) is 18.3 Å². The number of fused-ring (bicyclic) bond motifs is 1. The average Bonchev–Trinajstić information content (AvgIpc) is 3.12.